The van der Waals surface area contributed by atoms with Crippen LogP contribution in [0.1, 0.15) is 55.2 Å². The molecule has 0 amide bonds. The van der Waals surface area contributed by atoms with Gasteiger partial charge in [0.25, 0.3) is 0 Å². The number of morpholine rings is 1. The third-order valence-corrected chi connectivity index (χ3v) is 20.8. The average molecular weight is 1270 g/mol. The first-order valence-electron chi connectivity index (χ1n) is 33.7. The molecule has 94 heavy (non-hydrogen) atoms. The van der Waals surface area contributed by atoms with Crippen molar-refractivity contribution in [1.29, 1.82) is 0 Å². The van der Waals surface area contributed by atoms with Crippen molar-refractivity contribution >= 4 is 67.6 Å². The molecule has 488 valence electrons. The van der Waals surface area contributed by atoms with Crippen molar-refractivity contribution in [2.45, 2.75) is 70.5 Å². The summed E-state index contributed by atoms with van der Waals surface area (Å²) in [4.78, 5) is 47.3. The fourth-order valence-corrected chi connectivity index (χ4v) is 15.0. The summed E-state index contributed by atoms with van der Waals surface area (Å²) in [5.41, 5.74) is 14.3. The minimum Gasteiger partial charge on any atom is -0.379 e. The van der Waals surface area contributed by atoms with Crippen LogP contribution in [-0.4, -0.2) is 241 Å². The Morgan fingerprint density at radius 2 is 0.809 bits per heavy atom. The smallest absolute Gasteiger partial charge is 0.162 e. The van der Waals surface area contributed by atoms with E-state index in [-0.39, 0.29) is 11.6 Å². The molecule has 7 aliphatic heterocycles. The second kappa shape index (κ2) is 27.1. The summed E-state index contributed by atoms with van der Waals surface area (Å²) in [6.07, 6.45) is 32.4. The number of allylic oxidation sites excluding steroid dienone is 1. The van der Waals surface area contributed by atoms with Gasteiger partial charge in [-0.15, -0.1) is 0 Å². The number of hydrogen-bond acceptors (Lipinski definition) is 18. The highest BCUT2D eigenvalue weighted by Crippen LogP contribution is 2.35. The van der Waals surface area contributed by atoms with Gasteiger partial charge in [-0.3, -0.25) is 29.7 Å². The van der Waals surface area contributed by atoms with Crippen LogP contribution in [0.5, 0.6) is 0 Å². The number of likely N-dealkylation sites (N-methyl/N-ethyl adjacent to an activating group) is 2. The molecule has 6 saturated heterocycles. The van der Waals surface area contributed by atoms with E-state index in [9.17, 15) is 8.78 Å². The normalized spacial score (nSPS) is 19.8. The summed E-state index contributed by atoms with van der Waals surface area (Å²) in [6.45, 7) is 23.9. The van der Waals surface area contributed by atoms with Crippen LogP contribution in [-0.2, 0) is 4.74 Å². The Morgan fingerprint density at radius 1 is 0.426 bits per heavy atom. The number of aryl methyl sites for hydroxylation is 2. The van der Waals surface area contributed by atoms with Crippen LogP contribution in [0, 0.1) is 25.5 Å². The summed E-state index contributed by atoms with van der Waals surface area (Å²) >= 11 is 0. The van der Waals surface area contributed by atoms with Gasteiger partial charge in [0.15, 0.2) is 16.9 Å². The van der Waals surface area contributed by atoms with Crippen molar-refractivity contribution in [3.8, 4) is 22.3 Å². The van der Waals surface area contributed by atoms with Gasteiger partial charge in [-0.05, 0) is 113 Å². The van der Waals surface area contributed by atoms with E-state index >= 15 is 0 Å². The molecule has 7 aliphatic rings. The van der Waals surface area contributed by atoms with E-state index in [1.807, 2.05) is 81.2 Å². The number of rotatable bonds is 9. The molecule has 6 fully saturated rings. The van der Waals surface area contributed by atoms with Crippen LogP contribution in [0.15, 0.2) is 116 Å². The van der Waals surface area contributed by atoms with Gasteiger partial charge in [0.2, 0.25) is 0 Å². The van der Waals surface area contributed by atoms with E-state index in [2.05, 4.69) is 108 Å². The van der Waals surface area contributed by atoms with Gasteiger partial charge in [-0.1, -0.05) is 6.08 Å². The SMILES string of the molecule is CN1CCN(C2CCN(c3cnc4c(C5=CCN=C5)cnn4c3)CC2)CC1.Cc1cc2c(-c3cnn4cc(N5CCC(N6CCN(C)CC6)CC5)cnc34)ccnc2cc1F.Cc1cc2c(-c3cnn4cc(N5CCC(N6CCOCC6)CC5)cnc34)ccnc2cc1F. The fourth-order valence-electron chi connectivity index (χ4n) is 15.0. The van der Waals surface area contributed by atoms with Gasteiger partial charge in [0, 0.05) is 187 Å². The molecule has 2 aromatic carbocycles. The zero-order chi connectivity index (χ0) is 63.8. The standard InChI is InChI=1S/C26H30FN7.C25H27FN6O.C20H27N7/c1-18-13-22-21(3-6-28-25(22)14-24(18)27)23-16-30-34-17-20(15-29-26(23)34)32-7-4-19(5-8-32)33-11-9-31(2)10-12-33;1-17-12-21-20(2-5-27-24(21)13-23(17)26)22-15-29-32-16-19(14-28-25(22)32)30-6-3-18(4-7-30)31-8-10-33-11-9-31;1-24-8-10-26(11-9-24)17-3-6-25(7-4-17)18-13-22-20-19(14-23-27(20)15-18)16-2-5-21-12-16/h3,6,13-17,19H,4-5,7-12H2,1-2H3;2,5,12-16,18H,3-4,6-11H2,1H3;2,12-15,17H,3-11H2,1H3. The first-order valence-corrected chi connectivity index (χ1v) is 33.7. The number of hydrogen-bond donors (Lipinski definition) is 0. The van der Waals surface area contributed by atoms with Crippen LogP contribution < -0.4 is 14.7 Å². The number of halogens is 2. The highest BCUT2D eigenvalue weighted by molar-refractivity contribution is 6.13. The molecule has 0 spiro atoms. The lowest BCUT2D eigenvalue weighted by Gasteiger charge is -2.42. The summed E-state index contributed by atoms with van der Waals surface area (Å²) in [5, 5.41) is 15.6. The zero-order valence-corrected chi connectivity index (χ0v) is 54.5. The van der Waals surface area contributed by atoms with Crippen LogP contribution >= 0.6 is 0 Å². The Balaban J connectivity index is 0.000000117. The maximum atomic E-state index is 14.1. The number of anilines is 3. The molecule has 23 heteroatoms. The van der Waals surface area contributed by atoms with Crippen LogP contribution in [0.25, 0.3) is 66.6 Å². The van der Waals surface area contributed by atoms with Gasteiger partial charge in [0.1, 0.15) is 11.6 Å². The molecule has 8 aromatic heterocycles. The molecule has 10 aromatic rings. The number of benzene rings is 2. The molecule has 0 saturated carbocycles. The van der Waals surface area contributed by atoms with Crippen molar-refractivity contribution < 1.29 is 13.5 Å². The first-order chi connectivity index (χ1) is 46.0. The predicted molar refractivity (Wildman–Crippen MR) is 367 cm³/mol. The van der Waals surface area contributed by atoms with E-state index < -0.39 is 0 Å². The minimum atomic E-state index is -0.243. The molecule has 0 bridgehead atoms. The van der Waals surface area contributed by atoms with Crippen LogP contribution in [0.4, 0.5) is 25.8 Å². The molecule has 0 aliphatic carbocycles. The monoisotopic (exact) mass is 1270 g/mol. The van der Waals surface area contributed by atoms with E-state index in [4.69, 9.17) is 19.7 Å². The van der Waals surface area contributed by atoms with Crippen molar-refractivity contribution in [3.63, 3.8) is 0 Å². The van der Waals surface area contributed by atoms with Crippen LogP contribution in [0.3, 0.4) is 0 Å². The Hall–Kier alpha value is -8.45. The molecule has 17 rings (SSSR count). The highest BCUT2D eigenvalue weighted by Gasteiger charge is 2.31. The zero-order valence-electron chi connectivity index (χ0n) is 54.5. The van der Waals surface area contributed by atoms with E-state index in [0.717, 1.165) is 163 Å². The Labute approximate surface area is 547 Å². The number of ether oxygens (including phenoxy) is 1. The number of aliphatic imine (C=N–C) groups is 1. The average Bonchev–Trinajstić information content (AvgIpc) is 1.72. The number of piperazine rings is 2. The second-order valence-corrected chi connectivity index (χ2v) is 26.5. The molecule has 15 heterocycles. The summed E-state index contributed by atoms with van der Waals surface area (Å²) < 4.78 is 39.2. The largest absolute Gasteiger partial charge is 0.379 e. The number of piperidine rings is 3. The van der Waals surface area contributed by atoms with Crippen molar-refractivity contribution in [3.05, 3.63) is 139 Å². The minimum absolute atomic E-state index is 0.240. The number of pyridine rings is 2. The van der Waals surface area contributed by atoms with Gasteiger partial charge in [0.05, 0.1) is 104 Å². The lowest BCUT2D eigenvalue weighted by Crippen LogP contribution is -2.52. The summed E-state index contributed by atoms with van der Waals surface area (Å²) in [5.74, 6) is -0.483. The maximum Gasteiger partial charge on any atom is 0.162 e. The van der Waals surface area contributed by atoms with Gasteiger partial charge < -0.3 is 29.2 Å². The molecular formula is C71H84F2N20O. The van der Waals surface area contributed by atoms with Crippen molar-refractivity contribution in [2.24, 2.45) is 4.99 Å². The molecule has 0 atom stereocenters. The molecular weight excluding hydrogens is 1190 g/mol. The lowest BCUT2D eigenvalue weighted by molar-refractivity contribution is 0.0115. The van der Waals surface area contributed by atoms with Gasteiger partial charge in [-0.25, -0.2) is 37.3 Å². The molecule has 0 N–H and O–H groups in total. The maximum absolute atomic E-state index is 14.1. The van der Waals surface area contributed by atoms with E-state index in [1.165, 1.54) is 95.9 Å². The quantitative estimate of drug-likeness (QED) is 0.135. The summed E-state index contributed by atoms with van der Waals surface area (Å²) in [6, 6.07) is 12.7. The number of aromatic nitrogens is 11. The number of nitrogens with zero attached hydrogens (tertiary/aromatic N) is 20. The van der Waals surface area contributed by atoms with E-state index in [0.29, 0.717) is 34.2 Å². The van der Waals surface area contributed by atoms with E-state index in [1.54, 1.807) is 26.2 Å². The van der Waals surface area contributed by atoms with Gasteiger partial charge >= 0.3 is 0 Å². The third-order valence-electron chi connectivity index (χ3n) is 20.8. The molecule has 0 unspecified atom stereocenters. The third kappa shape index (κ3) is 12.8. The summed E-state index contributed by atoms with van der Waals surface area (Å²) in [7, 11) is 4.43. The lowest BCUT2D eigenvalue weighted by atomic mass is 10.0. The van der Waals surface area contributed by atoms with Gasteiger partial charge in [-0.2, -0.15) is 15.3 Å². The number of fused-ring (bicyclic) bond motifs is 5. The van der Waals surface area contributed by atoms with Crippen molar-refractivity contribution in [1.82, 2.24) is 78.3 Å². The Morgan fingerprint density at radius 3 is 1.20 bits per heavy atom. The highest BCUT2D eigenvalue weighted by atomic mass is 19.1. The molecule has 0 radical (unpaired) electrons. The first kappa shape index (κ1) is 61.7. The van der Waals surface area contributed by atoms with Crippen LogP contribution in [0.2, 0.25) is 0 Å². The second-order valence-electron chi connectivity index (χ2n) is 26.5. The fraction of sp³-hybridized carbons (Fsp3) is 0.451. The Kier molecular flexibility index (Phi) is 17.8. The van der Waals surface area contributed by atoms with Crippen molar-refractivity contribution in [2.75, 3.05) is 153 Å². The Bertz CT molecular complexity index is 4380. The molecule has 21 nitrogen and oxygen atoms in total. The topological polar surface area (TPSA) is 164 Å². The predicted octanol–water partition coefficient (Wildman–Crippen LogP) is 8.71.